The lowest BCUT2D eigenvalue weighted by atomic mass is 10.1. The second kappa shape index (κ2) is 6.49. The number of tetrazole rings is 1. The van der Waals surface area contributed by atoms with E-state index in [0.29, 0.717) is 22.7 Å². The van der Waals surface area contributed by atoms with E-state index in [0.717, 1.165) is 38.0 Å². The summed E-state index contributed by atoms with van der Waals surface area (Å²) in [6, 6.07) is 6.06. The Kier molecular flexibility index (Phi) is 4.20. The summed E-state index contributed by atoms with van der Waals surface area (Å²) < 4.78 is 1.52. The molecule has 2 fully saturated rings. The lowest BCUT2D eigenvalue weighted by Gasteiger charge is -2.26. The minimum absolute atomic E-state index is 0.0134. The maximum Gasteiger partial charge on any atom is 0.255 e. The van der Waals surface area contributed by atoms with Crippen molar-refractivity contribution in [2.45, 2.75) is 37.8 Å². The highest BCUT2D eigenvalue weighted by atomic mass is 35.5. The van der Waals surface area contributed by atoms with Gasteiger partial charge in [0.25, 0.3) is 5.91 Å². The summed E-state index contributed by atoms with van der Waals surface area (Å²) in [6.07, 6.45) is 5.97. The van der Waals surface area contributed by atoms with Crippen molar-refractivity contribution < 1.29 is 4.79 Å². The van der Waals surface area contributed by atoms with Gasteiger partial charge in [0, 0.05) is 18.6 Å². The van der Waals surface area contributed by atoms with Crippen LogP contribution >= 0.6 is 11.6 Å². The van der Waals surface area contributed by atoms with Crippen molar-refractivity contribution in [3.05, 3.63) is 35.1 Å². The lowest BCUT2D eigenvalue weighted by Crippen LogP contribution is -2.42. The minimum Gasteiger partial charge on any atom is -0.334 e. The maximum atomic E-state index is 13.0. The average molecular weight is 347 g/mol. The molecular formula is C16H19ClN6O. The zero-order valence-corrected chi connectivity index (χ0v) is 14.0. The molecule has 8 heteroatoms. The van der Waals surface area contributed by atoms with Crippen molar-refractivity contribution in [3.63, 3.8) is 0 Å². The minimum atomic E-state index is 0.0134. The summed E-state index contributed by atoms with van der Waals surface area (Å²) >= 11 is 6.38. The Morgan fingerprint density at radius 3 is 2.88 bits per heavy atom. The van der Waals surface area contributed by atoms with Crippen LogP contribution in [0.15, 0.2) is 24.5 Å². The standard InChI is InChI=1S/C16H19ClN6O/c17-15-8-13(23-10-19-20-21-23)5-6-14(15)16(24)22(12-3-4-12)9-11-2-1-7-18-11/h5-6,8,10-12,18H,1-4,7,9H2. The molecule has 1 N–H and O–H groups in total. The van der Waals surface area contributed by atoms with E-state index in [-0.39, 0.29) is 5.91 Å². The van der Waals surface area contributed by atoms with E-state index < -0.39 is 0 Å². The molecule has 126 valence electrons. The Balaban J connectivity index is 1.55. The summed E-state index contributed by atoms with van der Waals surface area (Å²) in [4.78, 5) is 15.0. The number of nitrogens with one attached hydrogen (secondary N) is 1. The van der Waals surface area contributed by atoms with Gasteiger partial charge in [0.05, 0.1) is 16.3 Å². The molecule has 0 spiro atoms. The molecule has 4 rings (SSSR count). The monoisotopic (exact) mass is 346 g/mol. The fourth-order valence-corrected chi connectivity index (χ4v) is 3.44. The predicted molar refractivity (Wildman–Crippen MR) is 89.2 cm³/mol. The number of hydrogen-bond donors (Lipinski definition) is 1. The highest BCUT2D eigenvalue weighted by molar-refractivity contribution is 6.34. The topological polar surface area (TPSA) is 75.9 Å². The van der Waals surface area contributed by atoms with Crippen LogP contribution in [0, 0.1) is 0 Å². The molecular weight excluding hydrogens is 328 g/mol. The summed E-state index contributed by atoms with van der Waals surface area (Å²) in [5.41, 5.74) is 1.27. The van der Waals surface area contributed by atoms with Gasteiger partial charge in [-0.05, 0) is 60.9 Å². The molecule has 0 radical (unpaired) electrons. The quantitative estimate of drug-likeness (QED) is 0.891. The van der Waals surface area contributed by atoms with Crippen molar-refractivity contribution in [2.75, 3.05) is 13.1 Å². The first-order valence-electron chi connectivity index (χ1n) is 8.29. The van der Waals surface area contributed by atoms with E-state index in [4.69, 9.17) is 11.6 Å². The van der Waals surface area contributed by atoms with Crippen molar-refractivity contribution >= 4 is 17.5 Å². The van der Waals surface area contributed by atoms with Crippen molar-refractivity contribution in [3.8, 4) is 5.69 Å². The van der Waals surface area contributed by atoms with E-state index in [1.807, 2.05) is 11.0 Å². The first kappa shape index (κ1) is 15.5. The van der Waals surface area contributed by atoms with E-state index in [9.17, 15) is 4.79 Å². The smallest absolute Gasteiger partial charge is 0.255 e. The molecule has 1 aliphatic carbocycles. The number of halogens is 1. The number of aromatic nitrogens is 4. The normalized spacial score (nSPS) is 20.3. The Labute approximate surface area is 145 Å². The molecule has 1 aromatic carbocycles. The highest BCUT2D eigenvalue weighted by Crippen LogP contribution is 2.31. The third-order valence-electron chi connectivity index (χ3n) is 4.62. The van der Waals surface area contributed by atoms with Crippen LogP contribution in [0.1, 0.15) is 36.0 Å². The van der Waals surface area contributed by atoms with Crippen LogP contribution in [-0.2, 0) is 0 Å². The fourth-order valence-electron chi connectivity index (χ4n) is 3.19. The molecule has 1 aromatic heterocycles. The average Bonchev–Trinajstić information content (AvgIpc) is 3.07. The van der Waals surface area contributed by atoms with Gasteiger partial charge in [-0.3, -0.25) is 4.79 Å². The van der Waals surface area contributed by atoms with Crippen LogP contribution in [0.4, 0.5) is 0 Å². The Hall–Kier alpha value is -1.99. The maximum absolute atomic E-state index is 13.0. The summed E-state index contributed by atoms with van der Waals surface area (Å²) in [7, 11) is 0. The van der Waals surface area contributed by atoms with Crippen LogP contribution in [0.3, 0.4) is 0 Å². The first-order valence-corrected chi connectivity index (χ1v) is 8.67. The number of carbonyl (C=O) groups excluding carboxylic acids is 1. The van der Waals surface area contributed by atoms with Gasteiger partial charge < -0.3 is 10.2 Å². The third-order valence-corrected chi connectivity index (χ3v) is 4.94. The second-order valence-electron chi connectivity index (χ2n) is 6.40. The molecule has 1 atom stereocenters. The molecule has 24 heavy (non-hydrogen) atoms. The van der Waals surface area contributed by atoms with Crippen LogP contribution in [-0.4, -0.2) is 56.2 Å². The SMILES string of the molecule is O=C(c1ccc(-n2cnnn2)cc1Cl)N(CC1CCCN1)C1CC1. The van der Waals surface area contributed by atoms with Crippen LogP contribution in [0.2, 0.25) is 5.02 Å². The fraction of sp³-hybridized carbons (Fsp3) is 0.500. The molecule has 2 aliphatic rings. The van der Waals surface area contributed by atoms with Crippen molar-refractivity contribution in [1.82, 2.24) is 30.4 Å². The predicted octanol–water partition coefficient (Wildman–Crippen LogP) is 1.67. The van der Waals surface area contributed by atoms with Gasteiger partial charge in [-0.1, -0.05) is 11.6 Å². The van der Waals surface area contributed by atoms with Gasteiger partial charge in [0.15, 0.2) is 0 Å². The molecule has 0 bridgehead atoms. The van der Waals surface area contributed by atoms with Crippen molar-refractivity contribution in [1.29, 1.82) is 0 Å². The summed E-state index contributed by atoms with van der Waals surface area (Å²) in [6.45, 7) is 1.80. The van der Waals surface area contributed by atoms with Crippen molar-refractivity contribution in [2.24, 2.45) is 0 Å². The lowest BCUT2D eigenvalue weighted by molar-refractivity contribution is 0.0729. The van der Waals surface area contributed by atoms with Gasteiger partial charge in [0.1, 0.15) is 6.33 Å². The number of carbonyl (C=O) groups is 1. The Morgan fingerprint density at radius 1 is 1.38 bits per heavy atom. The van der Waals surface area contributed by atoms with E-state index in [1.165, 1.54) is 17.4 Å². The van der Waals surface area contributed by atoms with Gasteiger partial charge in [-0.25, -0.2) is 4.68 Å². The molecule has 7 nitrogen and oxygen atoms in total. The highest BCUT2D eigenvalue weighted by Gasteiger charge is 2.35. The van der Waals surface area contributed by atoms with E-state index in [1.54, 1.807) is 12.1 Å². The molecule has 1 aliphatic heterocycles. The van der Waals surface area contributed by atoms with Crippen LogP contribution in [0.25, 0.3) is 5.69 Å². The number of hydrogen-bond acceptors (Lipinski definition) is 5. The molecule has 1 saturated carbocycles. The zero-order valence-electron chi connectivity index (χ0n) is 13.2. The number of rotatable bonds is 5. The van der Waals surface area contributed by atoms with Gasteiger partial charge in [0.2, 0.25) is 0 Å². The molecule has 2 aromatic rings. The number of amides is 1. The molecule has 1 amide bonds. The van der Waals surface area contributed by atoms with E-state index >= 15 is 0 Å². The van der Waals surface area contributed by atoms with Gasteiger partial charge in [-0.15, -0.1) is 5.10 Å². The zero-order chi connectivity index (χ0) is 16.5. The second-order valence-corrected chi connectivity index (χ2v) is 6.81. The Bertz CT molecular complexity index is 724. The number of nitrogens with zero attached hydrogens (tertiary/aromatic N) is 5. The molecule has 2 heterocycles. The summed E-state index contributed by atoms with van der Waals surface area (Å²) in [5, 5.41) is 15.0. The molecule has 1 unspecified atom stereocenters. The van der Waals surface area contributed by atoms with Gasteiger partial charge >= 0.3 is 0 Å². The Morgan fingerprint density at radius 2 is 2.25 bits per heavy atom. The summed E-state index contributed by atoms with van der Waals surface area (Å²) in [5.74, 6) is 0.0134. The van der Waals surface area contributed by atoms with Crippen LogP contribution < -0.4 is 5.32 Å². The van der Waals surface area contributed by atoms with Gasteiger partial charge in [-0.2, -0.15) is 0 Å². The molecule has 1 saturated heterocycles. The van der Waals surface area contributed by atoms with E-state index in [2.05, 4.69) is 20.8 Å². The van der Waals surface area contributed by atoms with Crippen LogP contribution in [0.5, 0.6) is 0 Å². The first-order chi connectivity index (χ1) is 11.7. The number of benzene rings is 1. The largest absolute Gasteiger partial charge is 0.334 e. The third kappa shape index (κ3) is 3.14.